The van der Waals surface area contributed by atoms with Crippen molar-refractivity contribution in [3.05, 3.63) is 60.2 Å². The molecule has 0 radical (unpaired) electrons. The Morgan fingerprint density at radius 3 is 2.11 bits per heavy atom. The molecule has 0 saturated heterocycles. The van der Waals surface area contributed by atoms with Crippen molar-refractivity contribution < 1.29 is 4.74 Å². The lowest BCUT2D eigenvalue weighted by Gasteiger charge is -2.14. The Morgan fingerprint density at radius 1 is 0.944 bits per heavy atom. The van der Waals surface area contributed by atoms with Gasteiger partial charge in [-0.25, -0.2) is 0 Å². The molecule has 94 valence electrons. The molecular weight excluding hydrogens is 260 g/mol. The van der Waals surface area contributed by atoms with E-state index < -0.39 is 7.38 Å². The lowest BCUT2D eigenvalue weighted by atomic mass is 10.2. The Kier molecular flexibility index (Phi) is 4.10. The van der Waals surface area contributed by atoms with Crippen molar-refractivity contribution in [2.45, 2.75) is 19.7 Å². The standard InChI is InChI=1S/C15H17ClOSi/c1-18(2,16)15-10-8-14(9-11-15)17-12-13-6-4-3-5-7-13/h3-11H,12H2,1-2H3. The number of benzene rings is 2. The van der Waals surface area contributed by atoms with Gasteiger partial charge in [0.05, 0.1) is 0 Å². The van der Waals surface area contributed by atoms with Crippen LogP contribution in [0.15, 0.2) is 54.6 Å². The van der Waals surface area contributed by atoms with E-state index in [4.69, 9.17) is 15.8 Å². The lowest BCUT2D eigenvalue weighted by molar-refractivity contribution is 0.306. The first-order valence-corrected chi connectivity index (χ1v) is 10.0. The van der Waals surface area contributed by atoms with Gasteiger partial charge >= 0.3 is 0 Å². The van der Waals surface area contributed by atoms with Gasteiger partial charge in [-0.3, -0.25) is 0 Å². The van der Waals surface area contributed by atoms with Crippen molar-refractivity contribution >= 4 is 23.6 Å². The first-order valence-electron chi connectivity index (χ1n) is 6.02. The van der Waals surface area contributed by atoms with Crippen LogP contribution < -0.4 is 9.92 Å². The fraction of sp³-hybridized carbons (Fsp3) is 0.200. The molecule has 0 aliphatic rings. The van der Waals surface area contributed by atoms with E-state index in [0.29, 0.717) is 6.61 Å². The van der Waals surface area contributed by atoms with E-state index in [9.17, 15) is 0 Å². The van der Waals surface area contributed by atoms with Crippen molar-refractivity contribution in [3.8, 4) is 5.75 Å². The van der Waals surface area contributed by atoms with Gasteiger partial charge in [-0.15, -0.1) is 0 Å². The highest BCUT2D eigenvalue weighted by molar-refractivity contribution is 7.26. The lowest BCUT2D eigenvalue weighted by Crippen LogP contribution is -2.34. The maximum absolute atomic E-state index is 6.38. The third-order valence-electron chi connectivity index (χ3n) is 2.79. The van der Waals surface area contributed by atoms with Gasteiger partial charge < -0.3 is 4.74 Å². The molecule has 0 aliphatic carbocycles. The van der Waals surface area contributed by atoms with Crippen LogP contribution in [0.1, 0.15) is 5.56 Å². The van der Waals surface area contributed by atoms with E-state index in [-0.39, 0.29) is 0 Å². The van der Waals surface area contributed by atoms with E-state index in [2.05, 4.69) is 37.4 Å². The molecule has 0 bridgehead atoms. The molecule has 0 aromatic heterocycles. The van der Waals surface area contributed by atoms with Crippen molar-refractivity contribution in [2.75, 3.05) is 0 Å². The molecule has 0 fully saturated rings. The molecule has 0 unspecified atom stereocenters. The van der Waals surface area contributed by atoms with Gasteiger partial charge in [0.1, 0.15) is 12.4 Å². The molecule has 18 heavy (non-hydrogen) atoms. The third kappa shape index (κ3) is 3.62. The minimum absolute atomic E-state index is 0.599. The average molecular weight is 277 g/mol. The minimum atomic E-state index is -1.73. The zero-order valence-corrected chi connectivity index (χ0v) is 12.4. The molecule has 0 spiro atoms. The van der Waals surface area contributed by atoms with Gasteiger partial charge in [0.25, 0.3) is 0 Å². The van der Waals surface area contributed by atoms with E-state index in [1.165, 1.54) is 10.8 Å². The SMILES string of the molecule is C[Si](C)(Cl)c1ccc(OCc2ccccc2)cc1. The second-order valence-electron chi connectivity index (χ2n) is 4.77. The van der Waals surface area contributed by atoms with Crippen molar-refractivity contribution in [1.29, 1.82) is 0 Å². The van der Waals surface area contributed by atoms with Gasteiger partial charge in [0.2, 0.25) is 0 Å². The summed E-state index contributed by atoms with van der Waals surface area (Å²) in [6.07, 6.45) is 0. The summed E-state index contributed by atoms with van der Waals surface area (Å²) in [4.78, 5) is 0. The van der Waals surface area contributed by atoms with Gasteiger partial charge in [0, 0.05) is 0 Å². The summed E-state index contributed by atoms with van der Waals surface area (Å²) in [5, 5.41) is 1.23. The highest BCUT2D eigenvalue weighted by atomic mass is 35.6. The zero-order valence-electron chi connectivity index (χ0n) is 10.7. The van der Waals surface area contributed by atoms with Crippen molar-refractivity contribution in [2.24, 2.45) is 0 Å². The summed E-state index contributed by atoms with van der Waals surface area (Å²) in [7, 11) is -1.73. The quantitative estimate of drug-likeness (QED) is 0.608. The van der Waals surface area contributed by atoms with Crippen LogP contribution in [0.3, 0.4) is 0 Å². The molecule has 0 atom stereocenters. The molecule has 2 aromatic carbocycles. The summed E-state index contributed by atoms with van der Waals surface area (Å²) in [5.41, 5.74) is 1.17. The molecule has 0 saturated carbocycles. The Balaban J connectivity index is 1.99. The summed E-state index contributed by atoms with van der Waals surface area (Å²) in [5.74, 6) is 0.887. The molecular formula is C15H17ClOSi. The topological polar surface area (TPSA) is 9.23 Å². The Bertz CT molecular complexity index is 488. The van der Waals surface area contributed by atoms with E-state index in [1.54, 1.807) is 0 Å². The number of hydrogen-bond acceptors (Lipinski definition) is 1. The number of hydrogen-bond donors (Lipinski definition) is 0. The maximum Gasteiger partial charge on any atom is 0.180 e. The monoisotopic (exact) mass is 276 g/mol. The summed E-state index contributed by atoms with van der Waals surface area (Å²) in [6.45, 7) is 4.84. The van der Waals surface area contributed by atoms with Gasteiger partial charge in [0.15, 0.2) is 7.38 Å². The van der Waals surface area contributed by atoms with Crippen molar-refractivity contribution in [3.63, 3.8) is 0 Å². The Morgan fingerprint density at radius 2 is 1.56 bits per heavy atom. The summed E-state index contributed by atoms with van der Waals surface area (Å²) < 4.78 is 5.73. The summed E-state index contributed by atoms with van der Waals surface area (Å²) >= 11 is 6.38. The van der Waals surface area contributed by atoms with Crippen LogP contribution in [0.4, 0.5) is 0 Å². The van der Waals surface area contributed by atoms with Crippen LogP contribution in [0.5, 0.6) is 5.75 Å². The van der Waals surface area contributed by atoms with E-state index in [1.807, 2.05) is 30.3 Å². The molecule has 0 heterocycles. The van der Waals surface area contributed by atoms with Crippen LogP contribution in [0.2, 0.25) is 13.1 Å². The third-order valence-corrected chi connectivity index (χ3v) is 5.15. The average Bonchev–Trinajstić information content (AvgIpc) is 2.37. The predicted octanol–water partition coefficient (Wildman–Crippen LogP) is 3.92. The predicted molar refractivity (Wildman–Crippen MR) is 80.2 cm³/mol. The minimum Gasteiger partial charge on any atom is -0.489 e. The fourth-order valence-electron chi connectivity index (χ4n) is 1.69. The highest BCUT2D eigenvalue weighted by Gasteiger charge is 2.19. The van der Waals surface area contributed by atoms with E-state index >= 15 is 0 Å². The second-order valence-corrected chi connectivity index (χ2v) is 11.1. The summed E-state index contributed by atoms with van der Waals surface area (Å²) in [6, 6.07) is 18.3. The second kappa shape index (κ2) is 5.59. The van der Waals surface area contributed by atoms with Crippen LogP contribution in [0.25, 0.3) is 0 Å². The normalized spacial score (nSPS) is 11.3. The van der Waals surface area contributed by atoms with Gasteiger partial charge in [-0.1, -0.05) is 55.6 Å². The zero-order chi connectivity index (χ0) is 13.0. The molecule has 0 aliphatic heterocycles. The number of ether oxygens (including phenoxy) is 1. The number of halogens is 1. The molecule has 3 heteroatoms. The highest BCUT2D eigenvalue weighted by Crippen LogP contribution is 2.14. The molecule has 0 amide bonds. The first kappa shape index (κ1) is 13.2. The van der Waals surface area contributed by atoms with Crippen LogP contribution >= 0.6 is 11.1 Å². The molecule has 2 rings (SSSR count). The van der Waals surface area contributed by atoms with Crippen LogP contribution in [-0.2, 0) is 6.61 Å². The maximum atomic E-state index is 6.38. The van der Waals surface area contributed by atoms with E-state index in [0.717, 1.165) is 5.75 Å². The number of rotatable bonds is 4. The van der Waals surface area contributed by atoms with Crippen LogP contribution in [-0.4, -0.2) is 7.38 Å². The largest absolute Gasteiger partial charge is 0.489 e. The molecule has 1 nitrogen and oxygen atoms in total. The Hall–Kier alpha value is -1.25. The van der Waals surface area contributed by atoms with Gasteiger partial charge in [-0.05, 0) is 22.9 Å². The van der Waals surface area contributed by atoms with Crippen molar-refractivity contribution in [1.82, 2.24) is 0 Å². The fourth-order valence-corrected chi connectivity index (χ4v) is 3.03. The van der Waals surface area contributed by atoms with Gasteiger partial charge in [-0.2, -0.15) is 11.1 Å². The Labute approximate surface area is 114 Å². The first-order chi connectivity index (χ1) is 8.55. The van der Waals surface area contributed by atoms with Crippen LogP contribution in [0, 0.1) is 0 Å². The molecule has 2 aromatic rings. The molecule has 0 N–H and O–H groups in total. The smallest absolute Gasteiger partial charge is 0.180 e.